The van der Waals surface area contributed by atoms with Crippen molar-refractivity contribution in [3.05, 3.63) is 125 Å². The van der Waals surface area contributed by atoms with E-state index >= 15 is 0 Å². The van der Waals surface area contributed by atoms with Crippen LogP contribution in [0.4, 0.5) is 36.2 Å². The summed E-state index contributed by atoms with van der Waals surface area (Å²) in [5.74, 6) is -3.15. The van der Waals surface area contributed by atoms with Gasteiger partial charge in [-0.1, -0.05) is 71.4 Å². The van der Waals surface area contributed by atoms with Crippen molar-refractivity contribution < 1.29 is 81.8 Å². The second-order valence-corrected chi connectivity index (χ2v) is 27.7. The number of urea groups is 1. The Morgan fingerprint density at radius 1 is 0.845 bits per heavy atom. The van der Waals surface area contributed by atoms with Gasteiger partial charge >= 0.3 is 24.3 Å². The second kappa shape index (κ2) is 37.4. The fourth-order valence-electron chi connectivity index (χ4n) is 11.9. The van der Waals surface area contributed by atoms with E-state index in [-0.39, 0.29) is 150 Å². The number of benzene rings is 4. The number of carbonyl (C=O) groups is 10. The minimum atomic E-state index is -1.17. The molecule has 4 aromatic carbocycles. The van der Waals surface area contributed by atoms with E-state index in [1.165, 1.54) is 46.0 Å². The van der Waals surface area contributed by atoms with Gasteiger partial charge in [0.1, 0.15) is 48.1 Å². The van der Waals surface area contributed by atoms with E-state index in [0.717, 1.165) is 35.8 Å². The Bertz CT molecular complexity index is 4010. The number of carbonyl (C=O) groups excluding carboxylic acids is 10. The molecule has 0 saturated carbocycles. The van der Waals surface area contributed by atoms with Crippen LogP contribution in [0.25, 0.3) is 16.4 Å². The van der Waals surface area contributed by atoms with E-state index in [1.807, 2.05) is 25.1 Å². The van der Waals surface area contributed by atoms with Crippen LogP contribution in [-0.4, -0.2) is 208 Å². The van der Waals surface area contributed by atoms with Crippen molar-refractivity contribution in [2.45, 2.75) is 115 Å². The highest BCUT2D eigenvalue weighted by molar-refractivity contribution is 8.02. The first-order valence-electron chi connectivity index (χ1n) is 34.2. The minimum Gasteiger partial charge on any atom is -0.508 e. The van der Waals surface area contributed by atoms with Crippen LogP contribution < -0.4 is 42.0 Å². The summed E-state index contributed by atoms with van der Waals surface area (Å²) in [4.78, 5) is 144. The number of phenols is 1. The number of amides is 11. The molecule has 0 radical (unpaired) electrons. The standard InChI is InChI=1S/C72H91ClN12O17S/c1-8-25-72(6,9-2)103-57-38-59(88)84(67(57)93)30-33-99-35-36-100-69(95)80-62(44(3)4)65(91)79-53(14-11-26-75-68(74)94)64(90)76-49-19-15-46(16-20-49)43-101-70(96)81(7)27-28-82(29-32-98-34-31-86)71(97)102-56-37-55-61(60-45(5)12-10-13-52(56)60)48(39-73)40-85(55)66(92)54-42-83-41-50(21-24-58(83)78-54)77-63(89)47-17-22-51(87)23-18-47/h10,12-13,15-24,37,41-42,44,48,53,57,62,86-87H,8-9,11,14,25-36,38-40,43H2,1-7H3,(H,76,90)(H,77,89)(H,79,91)(H,80,95)(H3,74,75,94)/t48-,53+,57?,62+,72?/m1/s1. The number of alkyl halides is 1. The number of hydrogen-bond donors (Lipinski definition) is 8. The Morgan fingerprint density at radius 2 is 1.58 bits per heavy atom. The number of alkyl carbamates (subject to hydrolysis) is 1. The van der Waals surface area contributed by atoms with E-state index < -0.39 is 71.2 Å². The highest BCUT2D eigenvalue weighted by Gasteiger charge is 2.43. The van der Waals surface area contributed by atoms with Crippen LogP contribution in [0.1, 0.15) is 117 Å². The summed E-state index contributed by atoms with van der Waals surface area (Å²) in [5, 5.41) is 33.3. The molecule has 8 rings (SSSR count). The molecule has 29 nitrogen and oxygen atoms in total. The van der Waals surface area contributed by atoms with Gasteiger partial charge in [-0.3, -0.25) is 33.7 Å². The molecule has 554 valence electrons. The first-order valence-corrected chi connectivity index (χ1v) is 35.6. The molecule has 31 heteroatoms. The third-order valence-corrected chi connectivity index (χ3v) is 19.7. The topological polar surface area (TPSA) is 374 Å². The molecule has 1 fully saturated rings. The lowest BCUT2D eigenvalue weighted by Gasteiger charge is -2.29. The number of aryl methyl sites for hydroxylation is 1. The summed E-state index contributed by atoms with van der Waals surface area (Å²) >= 11 is 8.21. The number of aliphatic hydroxyl groups is 1. The molecule has 0 spiro atoms. The average Bonchev–Trinajstić information content (AvgIpc) is 1.61. The van der Waals surface area contributed by atoms with Crippen molar-refractivity contribution in [3.8, 4) is 11.5 Å². The van der Waals surface area contributed by atoms with Crippen LogP contribution in [0.5, 0.6) is 11.5 Å². The Kier molecular flexibility index (Phi) is 28.7. The molecular weight excluding hydrogens is 1370 g/mol. The second-order valence-electron chi connectivity index (χ2n) is 25.6. The fraction of sp³-hybridized carbons (Fsp3) is 0.458. The van der Waals surface area contributed by atoms with E-state index in [2.05, 4.69) is 52.3 Å². The number of nitrogens with one attached hydrogen (secondary N) is 5. The summed E-state index contributed by atoms with van der Waals surface area (Å²) < 4.78 is 29.8. The van der Waals surface area contributed by atoms with Crippen molar-refractivity contribution in [1.29, 1.82) is 0 Å². The molecule has 0 bridgehead atoms. The number of aliphatic hydroxyl groups excluding tert-OH is 1. The van der Waals surface area contributed by atoms with Gasteiger partial charge in [0, 0.05) is 97.8 Å². The lowest BCUT2D eigenvalue weighted by Crippen LogP contribution is -2.54. The Hall–Kier alpha value is -9.75. The van der Waals surface area contributed by atoms with Crippen LogP contribution in [-0.2, 0) is 44.7 Å². The van der Waals surface area contributed by atoms with Gasteiger partial charge in [-0.05, 0) is 109 Å². The van der Waals surface area contributed by atoms with Crippen molar-refractivity contribution in [2.75, 3.05) is 107 Å². The largest absolute Gasteiger partial charge is 0.508 e. The maximum atomic E-state index is 14.6. The van der Waals surface area contributed by atoms with Crippen LogP contribution in [0.2, 0.25) is 0 Å². The number of ether oxygens (including phenoxy) is 5. The summed E-state index contributed by atoms with van der Waals surface area (Å²) in [6.07, 6.45) is 3.86. The number of fused-ring (bicyclic) bond motifs is 4. The van der Waals surface area contributed by atoms with Gasteiger partial charge in [-0.2, -0.15) is 0 Å². The Morgan fingerprint density at radius 3 is 2.28 bits per heavy atom. The lowest BCUT2D eigenvalue weighted by molar-refractivity contribution is -0.139. The van der Waals surface area contributed by atoms with Crippen molar-refractivity contribution in [2.24, 2.45) is 11.7 Å². The van der Waals surface area contributed by atoms with Gasteiger partial charge in [0.25, 0.3) is 11.8 Å². The molecule has 5 atom stereocenters. The molecule has 0 aliphatic carbocycles. The highest BCUT2D eigenvalue weighted by Crippen LogP contribution is 2.47. The molecule has 1 saturated heterocycles. The van der Waals surface area contributed by atoms with Gasteiger partial charge in [-0.15, -0.1) is 23.4 Å². The number of aromatic hydroxyl groups is 1. The van der Waals surface area contributed by atoms with Crippen LogP contribution >= 0.6 is 23.4 Å². The smallest absolute Gasteiger partial charge is 0.415 e. The minimum absolute atomic E-state index is 0.000108. The van der Waals surface area contributed by atoms with Gasteiger partial charge in [0.05, 0.1) is 56.2 Å². The number of imide groups is 1. The van der Waals surface area contributed by atoms with Crippen molar-refractivity contribution >= 4 is 117 Å². The zero-order valence-electron chi connectivity index (χ0n) is 58.8. The molecule has 2 unspecified atom stereocenters. The summed E-state index contributed by atoms with van der Waals surface area (Å²) in [6, 6.07) is 19.5. The fourth-order valence-corrected chi connectivity index (χ4v) is 13.8. The number of halogens is 1. The van der Waals surface area contributed by atoms with E-state index in [4.69, 9.17) is 41.0 Å². The molecular formula is C72H91ClN12O17S. The number of imidazole rings is 1. The van der Waals surface area contributed by atoms with Gasteiger partial charge in [0.15, 0.2) is 0 Å². The number of thioether (sulfide) groups is 1. The molecule has 4 heterocycles. The number of rotatable bonds is 36. The quantitative estimate of drug-likeness (QED) is 0.0104. The number of likely N-dealkylation sites (N-methyl/N-ethyl adjacent to an activating group) is 1. The number of hydrogen-bond acceptors (Lipinski definition) is 19. The monoisotopic (exact) mass is 1460 g/mol. The molecule has 11 amide bonds. The summed E-state index contributed by atoms with van der Waals surface area (Å²) in [7, 11) is 1.49. The number of aromatic nitrogens is 2. The normalized spacial score (nSPS) is 15.3. The highest BCUT2D eigenvalue weighted by atomic mass is 35.5. The lowest BCUT2D eigenvalue weighted by atomic mass is 9.92. The van der Waals surface area contributed by atoms with E-state index in [9.17, 15) is 58.2 Å². The van der Waals surface area contributed by atoms with Gasteiger partial charge < -0.3 is 85.3 Å². The number of anilines is 3. The van der Waals surface area contributed by atoms with Crippen LogP contribution in [0, 0.1) is 12.8 Å². The first-order chi connectivity index (χ1) is 49.3. The zero-order chi connectivity index (χ0) is 74.5. The predicted molar refractivity (Wildman–Crippen MR) is 387 cm³/mol. The van der Waals surface area contributed by atoms with Crippen LogP contribution in [0.3, 0.4) is 0 Å². The van der Waals surface area contributed by atoms with Gasteiger partial charge in [-0.25, -0.2) is 24.2 Å². The summed E-state index contributed by atoms with van der Waals surface area (Å²) in [5.41, 5.74) is 9.48. The third kappa shape index (κ3) is 21.4. The van der Waals surface area contributed by atoms with E-state index in [0.29, 0.717) is 39.2 Å². The number of primary amides is 1. The Labute approximate surface area is 606 Å². The number of pyridine rings is 1. The number of likely N-dealkylation sites (tertiary alicyclic amines) is 1. The number of phenolic OH excluding ortho intramolecular Hbond substituents is 1. The SMILES string of the molecule is CCCC(C)(CC)SC1CC(=O)N(CCOCCOC(=O)N[C@H](C(=O)N[C@@H](CCCNC(N)=O)C(=O)Nc2ccc(COC(=O)N(C)CCN(CCOCCO)C(=O)Oc3cc4c(c5c(C)cccc35)[C@H](CCl)CN4C(=O)c3cn4cc(NC(=O)c5ccc(O)cc5)ccc4n3)cc2)C(C)C)C1=O. The molecule has 103 heavy (non-hydrogen) atoms. The summed E-state index contributed by atoms with van der Waals surface area (Å²) in [6.45, 7) is 11.1. The maximum absolute atomic E-state index is 14.6. The average molecular weight is 1460 g/mol. The first kappa shape index (κ1) is 79.0. The molecule has 9 N–H and O–H groups in total. The Balaban J connectivity index is 0.842. The van der Waals surface area contributed by atoms with Crippen molar-refractivity contribution in [3.63, 3.8) is 0 Å². The van der Waals surface area contributed by atoms with Crippen LogP contribution in [0.15, 0.2) is 97.3 Å². The maximum Gasteiger partial charge on any atom is 0.415 e. The number of nitrogens with zero attached hydrogens (tertiary/aromatic N) is 6. The number of nitrogens with two attached hydrogens (primary N) is 1. The molecule has 6 aromatic rings. The molecule has 2 aliphatic rings. The van der Waals surface area contributed by atoms with Gasteiger partial charge in [0.2, 0.25) is 23.6 Å². The predicted octanol–water partition coefficient (Wildman–Crippen LogP) is 8.28. The molecule has 2 aromatic heterocycles. The zero-order valence-corrected chi connectivity index (χ0v) is 60.4. The van der Waals surface area contributed by atoms with E-state index in [1.54, 1.807) is 89.8 Å². The molecule has 2 aliphatic heterocycles. The van der Waals surface area contributed by atoms with Crippen molar-refractivity contribution in [1.82, 2.24) is 40.0 Å². The third-order valence-electron chi connectivity index (χ3n) is 17.6.